The molecule has 23 heavy (non-hydrogen) atoms. The molecule has 0 radical (unpaired) electrons. The molecular weight excluding hydrogens is 312 g/mol. The summed E-state index contributed by atoms with van der Waals surface area (Å²) in [7, 11) is 0. The molecule has 5 atom stereocenters. The maximum absolute atomic E-state index is 12.1. The Labute approximate surface area is 132 Å². The van der Waals surface area contributed by atoms with Crippen molar-refractivity contribution in [1.82, 2.24) is 0 Å². The Bertz CT molecular complexity index is 571. The third kappa shape index (κ3) is 2.40. The molecule has 0 bridgehead atoms. The van der Waals surface area contributed by atoms with Crippen LogP contribution in [0.15, 0.2) is 0 Å². The van der Waals surface area contributed by atoms with Crippen molar-refractivity contribution in [3.63, 3.8) is 0 Å². The van der Waals surface area contributed by atoms with Crippen LogP contribution in [-0.4, -0.2) is 67.8 Å². The van der Waals surface area contributed by atoms with Crippen LogP contribution in [0.3, 0.4) is 0 Å². The third-order valence-electron chi connectivity index (χ3n) is 4.05. The molecule has 0 amide bonds. The lowest BCUT2D eigenvalue weighted by atomic mass is 9.64. The molecule has 0 aromatic heterocycles. The topological polar surface area (TPSA) is 147 Å². The molecule has 1 saturated heterocycles. The number of esters is 1. The lowest BCUT2D eigenvalue weighted by Gasteiger charge is -2.55. The Hall–Kier alpha value is -1.68. The smallest absolute Gasteiger partial charge is 0.303 e. The Balaban J connectivity index is 3.77. The van der Waals surface area contributed by atoms with E-state index in [1.54, 1.807) is 0 Å². The molecule has 1 fully saturated rings. The summed E-state index contributed by atoms with van der Waals surface area (Å²) in [4.78, 5) is 47.1. The summed E-state index contributed by atoms with van der Waals surface area (Å²) >= 11 is 0. The van der Waals surface area contributed by atoms with Crippen LogP contribution in [0.4, 0.5) is 0 Å². The van der Waals surface area contributed by atoms with Crippen LogP contribution in [0.25, 0.3) is 0 Å². The standard InChI is InChI=1S/C14H20O9/c1-6-11(22-10(5)18)12(19,7(2)15)13(20,8(3)16)14(21,23-6)9(4)17/h6,11,19-21H,1-5H3/t6-,11+,12+,13-,14?/m0/s1. The van der Waals surface area contributed by atoms with Crippen molar-refractivity contribution >= 4 is 23.3 Å². The van der Waals surface area contributed by atoms with Crippen LogP contribution >= 0.6 is 0 Å². The highest BCUT2D eigenvalue weighted by molar-refractivity contribution is 6.04. The minimum Gasteiger partial charge on any atom is -0.456 e. The van der Waals surface area contributed by atoms with Gasteiger partial charge in [0.1, 0.15) is 0 Å². The van der Waals surface area contributed by atoms with Gasteiger partial charge in [0.2, 0.25) is 11.2 Å². The predicted molar refractivity (Wildman–Crippen MR) is 73.0 cm³/mol. The molecule has 9 heteroatoms. The van der Waals surface area contributed by atoms with E-state index in [1.807, 2.05) is 0 Å². The highest BCUT2D eigenvalue weighted by Gasteiger charge is 2.78. The number of hydrogen-bond acceptors (Lipinski definition) is 9. The Kier molecular flexibility index (Phi) is 4.84. The van der Waals surface area contributed by atoms with Crippen molar-refractivity contribution in [3.8, 4) is 0 Å². The van der Waals surface area contributed by atoms with E-state index in [-0.39, 0.29) is 0 Å². The second-order valence-corrected chi connectivity index (χ2v) is 5.64. The van der Waals surface area contributed by atoms with Crippen LogP contribution < -0.4 is 0 Å². The number of Topliss-reactive ketones (excluding diaryl/α,β-unsaturated/α-hetero) is 3. The fourth-order valence-corrected chi connectivity index (χ4v) is 2.88. The number of aliphatic hydroxyl groups is 3. The average molecular weight is 332 g/mol. The molecule has 9 nitrogen and oxygen atoms in total. The number of rotatable bonds is 4. The minimum atomic E-state index is -3.36. The van der Waals surface area contributed by atoms with Gasteiger partial charge in [-0.3, -0.25) is 19.2 Å². The van der Waals surface area contributed by atoms with E-state index in [4.69, 9.17) is 9.47 Å². The van der Waals surface area contributed by atoms with E-state index < -0.39 is 52.5 Å². The van der Waals surface area contributed by atoms with Gasteiger partial charge in [-0.1, -0.05) is 0 Å². The molecule has 0 aliphatic carbocycles. The van der Waals surface area contributed by atoms with E-state index in [1.165, 1.54) is 6.92 Å². The van der Waals surface area contributed by atoms with Gasteiger partial charge in [0.15, 0.2) is 23.5 Å². The summed E-state index contributed by atoms with van der Waals surface area (Å²) in [5.74, 6) is -7.81. The third-order valence-corrected chi connectivity index (χ3v) is 4.05. The molecule has 1 rings (SSSR count). The normalized spacial score (nSPS) is 40.3. The van der Waals surface area contributed by atoms with Gasteiger partial charge in [-0.15, -0.1) is 0 Å². The van der Waals surface area contributed by atoms with Crippen LogP contribution in [-0.2, 0) is 28.7 Å². The van der Waals surface area contributed by atoms with Crippen molar-refractivity contribution in [1.29, 1.82) is 0 Å². The molecule has 130 valence electrons. The zero-order valence-electron chi connectivity index (χ0n) is 13.4. The fourth-order valence-electron chi connectivity index (χ4n) is 2.88. The van der Waals surface area contributed by atoms with Gasteiger partial charge in [-0.05, 0) is 20.8 Å². The number of carbonyl (C=O) groups is 4. The monoisotopic (exact) mass is 332 g/mol. The summed E-state index contributed by atoms with van der Waals surface area (Å²) < 4.78 is 9.85. The molecule has 1 aliphatic heterocycles. The largest absolute Gasteiger partial charge is 0.456 e. The van der Waals surface area contributed by atoms with Gasteiger partial charge in [0, 0.05) is 13.8 Å². The van der Waals surface area contributed by atoms with Gasteiger partial charge in [-0.2, -0.15) is 0 Å². The van der Waals surface area contributed by atoms with E-state index in [0.29, 0.717) is 0 Å². The maximum atomic E-state index is 12.1. The van der Waals surface area contributed by atoms with E-state index in [2.05, 4.69) is 0 Å². The van der Waals surface area contributed by atoms with Crippen molar-refractivity contribution in [2.24, 2.45) is 0 Å². The SMILES string of the molecule is CC(=O)O[C@@H]1[C@H](C)OC(O)(C(C)=O)[C@](O)(C(C)=O)[C@@]1(O)C(C)=O. The Morgan fingerprint density at radius 3 is 1.70 bits per heavy atom. The fraction of sp³-hybridized carbons (Fsp3) is 0.714. The van der Waals surface area contributed by atoms with Crippen molar-refractivity contribution in [3.05, 3.63) is 0 Å². The number of ketones is 3. The molecule has 0 spiro atoms. The van der Waals surface area contributed by atoms with E-state index in [9.17, 15) is 34.5 Å². The van der Waals surface area contributed by atoms with Gasteiger partial charge in [0.25, 0.3) is 5.79 Å². The summed E-state index contributed by atoms with van der Waals surface area (Å²) in [6.45, 7) is 4.57. The Morgan fingerprint density at radius 2 is 1.39 bits per heavy atom. The second-order valence-electron chi connectivity index (χ2n) is 5.64. The average Bonchev–Trinajstić information content (AvgIpc) is 2.40. The first-order valence-electron chi connectivity index (χ1n) is 6.82. The molecular formula is C14H20O9. The van der Waals surface area contributed by atoms with Crippen LogP contribution in [0, 0.1) is 0 Å². The quantitative estimate of drug-likeness (QED) is 0.510. The zero-order chi connectivity index (χ0) is 18.4. The number of ether oxygens (including phenoxy) is 2. The van der Waals surface area contributed by atoms with Crippen LogP contribution in [0.5, 0.6) is 0 Å². The van der Waals surface area contributed by atoms with Crippen molar-refractivity contribution in [2.75, 3.05) is 0 Å². The summed E-state index contributed by atoms with van der Waals surface area (Å²) in [5.41, 5.74) is -6.44. The number of carbonyl (C=O) groups excluding carboxylic acids is 4. The lowest BCUT2D eigenvalue weighted by Crippen LogP contribution is -2.85. The van der Waals surface area contributed by atoms with E-state index in [0.717, 1.165) is 27.7 Å². The highest BCUT2D eigenvalue weighted by atomic mass is 16.7. The highest BCUT2D eigenvalue weighted by Crippen LogP contribution is 2.46. The molecule has 0 saturated carbocycles. The molecule has 1 unspecified atom stereocenters. The van der Waals surface area contributed by atoms with Crippen LogP contribution in [0.2, 0.25) is 0 Å². The van der Waals surface area contributed by atoms with Crippen molar-refractivity contribution in [2.45, 2.75) is 63.8 Å². The first-order chi connectivity index (χ1) is 10.3. The molecule has 1 aliphatic rings. The lowest BCUT2D eigenvalue weighted by molar-refractivity contribution is -0.369. The predicted octanol–water partition coefficient (Wildman–Crippen LogP) is -1.75. The summed E-state index contributed by atoms with van der Waals surface area (Å²) in [6, 6.07) is 0. The first kappa shape index (κ1) is 19.4. The first-order valence-corrected chi connectivity index (χ1v) is 6.82. The molecule has 0 aromatic rings. The maximum Gasteiger partial charge on any atom is 0.303 e. The Morgan fingerprint density at radius 1 is 0.913 bits per heavy atom. The zero-order valence-corrected chi connectivity index (χ0v) is 13.4. The number of hydrogen-bond donors (Lipinski definition) is 3. The summed E-state index contributed by atoms with van der Waals surface area (Å²) in [5, 5.41) is 32.0. The minimum absolute atomic E-state index is 0.756. The second kappa shape index (κ2) is 5.75. The molecule has 1 heterocycles. The van der Waals surface area contributed by atoms with Gasteiger partial charge in [0.05, 0.1) is 6.10 Å². The van der Waals surface area contributed by atoms with Gasteiger partial charge < -0.3 is 24.8 Å². The van der Waals surface area contributed by atoms with Crippen LogP contribution in [0.1, 0.15) is 34.6 Å². The molecule has 3 N–H and O–H groups in total. The van der Waals surface area contributed by atoms with Gasteiger partial charge >= 0.3 is 5.97 Å². The van der Waals surface area contributed by atoms with Gasteiger partial charge in [-0.25, -0.2) is 0 Å². The molecule has 0 aromatic carbocycles. The van der Waals surface area contributed by atoms with E-state index >= 15 is 0 Å². The summed E-state index contributed by atoms with van der Waals surface area (Å²) in [6.07, 6.45) is -3.19. The van der Waals surface area contributed by atoms with Crippen molar-refractivity contribution < 1.29 is 44.0 Å².